The number of carbonyl (C=O) groups excluding carboxylic acids is 1. The summed E-state index contributed by atoms with van der Waals surface area (Å²) >= 11 is 0. The van der Waals surface area contributed by atoms with E-state index in [1.165, 1.54) is 39.2 Å². The van der Waals surface area contributed by atoms with E-state index in [0.29, 0.717) is 0 Å². The number of ether oxygens (including phenoxy) is 2. The van der Waals surface area contributed by atoms with Gasteiger partial charge in [-0.2, -0.15) is 13.2 Å². The summed E-state index contributed by atoms with van der Waals surface area (Å²) in [5.74, 6) is -1.55. The van der Waals surface area contributed by atoms with Gasteiger partial charge in [-0.3, -0.25) is 0 Å². The number of alkyl halides is 3. The van der Waals surface area contributed by atoms with Crippen LogP contribution in [0, 0.1) is 13.8 Å². The van der Waals surface area contributed by atoms with Gasteiger partial charge in [0, 0.05) is 0 Å². The molecule has 0 aliphatic carbocycles. The maximum absolute atomic E-state index is 14.3. The third kappa shape index (κ3) is 3.51. The van der Waals surface area contributed by atoms with Gasteiger partial charge in [-0.05, 0) is 54.8 Å². The number of esters is 1. The van der Waals surface area contributed by atoms with Gasteiger partial charge in [0.05, 0.1) is 19.9 Å². The van der Waals surface area contributed by atoms with Crippen molar-refractivity contribution in [2.24, 2.45) is 0 Å². The van der Waals surface area contributed by atoms with Gasteiger partial charge in [0.15, 0.2) is 0 Å². The molecular weight excluding hydrogens is 363 g/mol. The number of rotatable bonds is 5. The number of aryl methyl sites for hydroxylation is 2. The molecular formula is C19H20F3NO4. The Morgan fingerprint density at radius 3 is 2.11 bits per heavy atom. The van der Waals surface area contributed by atoms with E-state index in [2.05, 4.69) is 10.1 Å². The lowest BCUT2D eigenvalue weighted by atomic mass is 9.86. The number of anilines is 1. The highest BCUT2D eigenvalue weighted by Crippen LogP contribution is 2.45. The zero-order valence-electron chi connectivity index (χ0n) is 15.3. The van der Waals surface area contributed by atoms with Crippen molar-refractivity contribution in [3.8, 4) is 11.5 Å². The Balaban J connectivity index is 2.81. The summed E-state index contributed by atoms with van der Waals surface area (Å²) in [5.41, 5.74) is -3.24. The van der Waals surface area contributed by atoms with Gasteiger partial charge in [0.2, 0.25) is 0 Å². The minimum atomic E-state index is -5.06. The summed E-state index contributed by atoms with van der Waals surface area (Å²) < 4.78 is 52.6. The first-order valence-electron chi connectivity index (χ1n) is 7.95. The van der Waals surface area contributed by atoms with E-state index in [4.69, 9.17) is 4.74 Å². The lowest BCUT2D eigenvalue weighted by Crippen LogP contribution is -2.56. The van der Waals surface area contributed by atoms with Crippen LogP contribution in [0.5, 0.6) is 11.5 Å². The molecule has 146 valence electrons. The monoisotopic (exact) mass is 383 g/mol. The molecule has 0 spiro atoms. The summed E-state index contributed by atoms with van der Waals surface area (Å²) in [6.45, 7) is 2.90. The van der Waals surface area contributed by atoms with E-state index >= 15 is 0 Å². The molecule has 0 aliphatic heterocycles. The zero-order chi connectivity index (χ0) is 20.4. The molecule has 0 saturated carbocycles. The Kier molecular flexibility index (Phi) is 5.58. The number of benzene rings is 2. The van der Waals surface area contributed by atoms with Gasteiger partial charge in [-0.15, -0.1) is 0 Å². The van der Waals surface area contributed by atoms with E-state index in [9.17, 15) is 23.1 Å². The van der Waals surface area contributed by atoms with Crippen molar-refractivity contribution in [2.45, 2.75) is 25.6 Å². The number of phenolic OH excluding ortho intramolecular Hbond substituents is 1. The molecule has 2 rings (SSSR count). The number of para-hydroxylation sites is 2. The summed E-state index contributed by atoms with van der Waals surface area (Å²) in [6, 6.07) is 8.14. The molecule has 0 heterocycles. The van der Waals surface area contributed by atoms with Crippen molar-refractivity contribution in [2.75, 3.05) is 19.5 Å². The summed E-state index contributed by atoms with van der Waals surface area (Å²) in [7, 11) is 2.19. The lowest BCUT2D eigenvalue weighted by molar-refractivity contribution is -0.201. The second kappa shape index (κ2) is 7.38. The molecule has 8 heteroatoms. The van der Waals surface area contributed by atoms with Crippen LogP contribution < -0.4 is 10.1 Å². The average molecular weight is 383 g/mol. The van der Waals surface area contributed by atoms with E-state index in [-0.39, 0.29) is 28.3 Å². The highest BCUT2D eigenvalue weighted by Gasteiger charge is 2.63. The van der Waals surface area contributed by atoms with Gasteiger partial charge < -0.3 is 19.9 Å². The molecule has 1 atom stereocenters. The number of hydrogen-bond donors (Lipinski definition) is 2. The van der Waals surface area contributed by atoms with Crippen LogP contribution in [0.2, 0.25) is 0 Å². The SMILES string of the molecule is COC(=O)C(Nc1ccccc1OC)(c1cc(C)c(O)c(C)c1)C(F)(F)F. The molecule has 0 amide bonds. The number of carbonyl (C=O) groups is 1. The Morgan fingerprint density at radius 1 is 1.07 bits per heavy atom. The molecule has 0 bridgehead atoms. The number of halogens is 3. The smallest absolute Gasteiger partial charge is 0.426 e. The minimum absolute atomic E-state index is 0.0360. The van der Waals surface area contributed by atoms with Gasteiger partial charge in [0.1, 0.15) is 11.5 Å². The molecule has 0 fully saturated rings. The molecule has 5 nitrogen and oxygen atoms in total. The third-order valence-corrected chi connectivity index (χ3v) is 4.27. The van der Waals surface area contributed by atoms with Crippen molar-refractivity contribution in [3.05, 3.63) is 53.1 Å². The second-order valence-electron chi connectivity index (χ2n) is 6.02. The Bertz CT molecular complexity index is 828. The molecule has 0 aromatic heterocycles. The fraction of sp³-hybridized carbons (Fsp3) is 0.316. The fourth-order valence-electron chi connectivity index (χ4n) is 2.87. The fourth-order valence-corrected chi connectivity index (χ4v) is 2.87. The van der Waals surface area contributed by atoms with Crippen molar-refractivity contribution < 1.29 is 32.5 Å². The number of aromatic hydroxyl groups is 1. The van der Waals surface area contributed by atoms with E-state index in [1.54, 1.807) is 6.07 Å². The van der Waals surface area contributed by atoms with Crippen LogP contribution in [0.1, 0.15) is 16.7 Å². The van der Waals surface area contributed by atoms with E-state index in [1.807, 2.05) is 0 Å². The molecule has 2 N–H and O–H groups in total. The summed E-state index contributed by atoms with van der Waals surface area (Å²) in [4.78, 5) is 12.5. The van der Waals surface area contributed by atoms with Crippen LogP contribution in [0.25, 0.3) is 0 Å². The van der Waals surface area contributed by atoms with Gasteiger partial charge >= 0.3 is 12.1 Å². The number of phenols is 1. The largest absolute Gasteiger partial charge is 0.507 e. The van der Waals surface area contributed by atoms with Gasteiger partial charge in [-0.25, -0.2) is 4.79 Å². The number of nitrogens with one attached hydrogen (secondary N) is 1. The predicted octanol–water partition coefficient (Wildman–Crippen LogP) is 4.06. The van der Waals surface area contributed by atoms with Crippen molar-refractivity contribution in [3.63, 3.8) is 0 Å². The molecule has 2 aromatic rings. The average Bonchev–Trinajstić information content (AvgIpc) is 2.62. The summed E-state index contributed by atoms with van der Waals surface area (Å²) in [5, 5.41) is 12.2. The molecule has 2 aromatic carbocycles. The Morgan fingerprint density at radius 2 is 1.63 bits per heavy atom. The number of methoxy groups -OCH3 is 2. The third-order valence-electron chi connectivity index (χ3n) is 4.27. The van der Waals surface area contributed by atoms with Crippen LogP contribution in [-0.4, -0.2) is 31.5 Å². The summed E-state index contributed by atoms with van der Waals surface area (Å²) in [6.07, 6.45) is -5.06. The van der Waals surface area contributed by atoms with Gasteiger partial charge in [0.25, 0.3) is 5.54 Å². The molecule has 1 unspecified atom stereocenters. The molecule has 27 heavy (non-hydrogen) atoms. The highest BCUT2D eigenvalue weighted by atomic mass is 19.4. The first kappa shape index (κ1) is 20.4. The zero-order valence-corrected chi connectivity index (χ0v) is 15.3. The second-order valence-corrected chi connectivity index (χ2v) is 6.02. The van der Waals surface area contributed by atoms with Crippen molar-refractivity contribution >= 4 is 11.7 Å². The van der Waals surface area contributed by atoms with Crippen LogP contribution in [0.3, 0.4) is 0 Å². The Hall–Kier alpha value is -2.90. The van der Waals surface area contributed by atoms with Crippen LogP contribution in [-0.2, 0) is 15.1 Å². The van der Waals surface area contributed by atoms with Crippen LogP contribution >= 0.6 is 0 Å². The lowest BCUT2D eigenvalue weighted by Gasteiger charge is -2.35. The molecule has 0 aliphatic rings. The maximum atomic E-state index is 14.3. The standard InChI is InChI=1S/C19H20F3NO4/c1-11-9-13(10-12(2)16(11)24)18(17(25)27-4,19(20,21)22)23-14-7-5-6-8-15(14)26-3/h5-10,23-24H,1-4H3. The normalized spacial score (nSPS) is 13.6. The molecule has 0 radical (unpaired) electrons. The Labute approximate surface area is 154 Å². The first-order valence-corrected chi connectivity index (χ1v) is 7.95. The highest BCUT2D eigenvalue weighted by molar-refractivity contribution is 5.88. The predicted molar refractivity (Wildman–Crippen MR) is 93.9 cm³/mol. The molecule has 0 saturated heterocycles. The van der Waals surface area contributed by atoms with E-state index in [0.717, 1.165) is 19.2 Å². The van der Waals surface area contributed by atoms with Crippen molar-refractivity contribution in [1.82, 2.24) is 0 Å². The van der Waals surface area contributed by atoms with Crippen molar-refractivity contribution in [1.29, 1.82) is 0 Å². The van der Waals surface area contributed by atoms with Gasteiger partial charge in [-0.1, -0.05) is 12.1 Å². The maximum Gasteiger partial charge on any atom is 0.426 e. The van der Waals surface area contributed by atoms with Crippen LogP contribution in [0.4, 0.5) is 18.9 Å². The first-order chi connectivity index (χ1) is 12.6. The van der Waals surface area contributed by atoms with E-state index < -0.39 is 23.2 Å². The van der Waals surface area contributed by atoms with Crippen LogP contribution in [0.15, 0.2) is 36.4 Å². The number of hydrogen-bond acceptors (Lipinski definition) is 5. The topological polar surface area (TPSA) is 67.8 Å². The quantitative estimate of drug-likeness (QED) is 0.762. The minimum Gasteiger partial charge on any atom is -0.507 e.